The summed E-state index contributed by atoms with van der Waals surface area (Å²) in [6.45, 7) is 1.36. The number of carbonyl (C=O) groups is 3. The highest BCUT2D eigenvalue weighted by molar-refractivity contribution is 8.00. The number of benzene rings is 3. The van der Waals surface area contributed by atoms with Gasteiger partial charge in [0.25, 0.3) is 0 Å². The van der Waals surface area contributed by atoms with E-state index in [0.29, 0.717) is 15.6 Å². The van der Waals surface area contributed by atoms with Crippen LogP contribution in [-0.4, -0.2) is 47.4 Å². The molecule has 198 valence electrons. The fourth-order valence-corrected chi connectivity index (χ4v) is 5.46. The summed E-state index contributed by atoms with van der Waals surface area (Å²) in [5.74, 6) is -1.70. The lowest BCUT2D eigenvalue weighted by molar-refractivity contribution is -0.152. The Bertz CT molecular complexity index is 1250. The van der Waals surface area contributed by atoms with Crippen LogP contribution in [0.5, 0.6) is 0 Å². The maximum Gasteiger partial charge on any atom is 0.338 e. The Labute approximate surface area is 234 Å². The van der Waals surface area contributed by atoms with Crippen LogP contribution in [0.3, 0.4) is 0 Å². The molecular formula is C28H24Cl2O7S. The van der Waals surface area contributed by atoms with Crippen molar-refractivity contribution < 1.29 is 33.3 Å². The Balaban J connectivity index is 1.55. The molecule has 1 aliphatic rings. The van der Waals surface area contributed by atoms with Crippen molar-refractivity contribution in [2.45, 2.75) is 36.4 Å². The fraction of sp³-hybridized carbons (Fsp3) is 0.250. The average molecular weight is 575 g/mol. The second-order valence-electron chi connectivity index (χ2n) is 8.40. The summed E-state index contributed by atoms with van der Waals surface area (Å²) in [7, 11) is 0. The summed E-state index contributed by atoms with van der Waals surface area (Å²) in [4.78, 5) is 37.6. The molecular weight excluding hydrogens is 551 g/mol. The third kappa shape index (κ3) is 7.51. The number of esters is 3. The third-order valence-corrected chi connectivity index (χ3v) is 7.51. The van der Waals surface area contributed by atoms with Crippen molar-refractivity contribution in [3.05, 3.63) is 106 Å². The summed E-state index contributed by atoms with van der Waals surface area (Å²) in [6, 6.07) is 22.0. The van der Waals surface area contributed by atoms with Gasteiger partial charge in [0.2, 0.25) is 0 Å². The van der Waals surface area contributed by atoms with E-state index in [4.69, 9.17) is 42.1 Å². The van der Waals surface area contributed by atoms with Gasteiger partial charge in [0.1, 0.15) is 18.8 Å². The molecule has 1 fully saturated rings. The van der Waals surface area contributed by atoms with Crippen LogP contribution in [0.15, 0.2) is 78.9 Å². The molecule has 0 aliphatic carbocycles. The van der Waals surface area contributed by atoms with E-state index in [1.807, 2.05) is 30.3 Å². The Morgan fingerprint density at radius 1 is 0.763 bits per heavy atom. The van der Waals surface area contributed by atoms with Crippen LogP contribution in [0.2, 0.25) is 10.0 Å². The van der Waals surface area contributed by atoms with Crippen LogP contribution in [0.4, 0.5) is 0 Å². The first-order valence-corrected chi connectivity index (χ1v) is 13.4. The van der Waals surface area contributed by atoms with Gasteiger partial charge < -0.3 is 18.9 Å². The van der Waals surface area contributed by atoms with Crippen LogP contribution in [-0.2, 0) is 30.3 Å². The van der Waals surface area contributed by atoms with Gasteiger partial charge in [-0.05, 0) is 54.1 Å². The molecule has 0 aromatic heterocycles. The van der Waals surface area contributed by atoms with Gasteiger partial charge in [-0.15, -0.1) is 11.8 Å². The number of halogens is 2. The second-order valence-corrected chi connectivity index (χ2v) is 10.6. The maximum absolute atomic E-state index is 13.0. The largest absolute Gasteiger partial charge is 0.461 e. The molecule has 7 nitrogen and oxygen atoms in total. The van der Waals surface area contributed by atoms with Crippen molar-refractivity contribution >= 4 is 52.9 Å². The van der Waals surface area contributed by atoms with Gasteiger partial charge >= 0.3 is 17.9 Å². The monoisotopic (exact) mass is 574 g/mol. The molecule has 4 atom stereocenters. The highest BCUT2D eigenvalue weighted by Gasteiger charge is 2.50. The van der Waals surface area contributed by atoms with Crippen molar-refractivity contribution in [3.8, 4) is 0 Å². The van der Waals surface area contributed by atoms with Gasteiger partial charge in [-0.2, -0.15) is 0 Å². The van der Waals surface area contributed by atoms with Gasteiger partial charge in [-0.3, -0.25) is 4.79 Å². The molecule has 0 saturated carbocycles. The lowest BCUT2D eigenvalue weighted by Crippen LogP contribution is -2.41. The SMILES string of the molecule is CC(=O)OC1S[C@H](COC(=O)c2ccc(Cl)cc2)[C@H](OC(=O)c2ccc(Cl)cc2)[C@H]1OCc1ccccc1. The zero-order valence-electron chi connectivity index (χ0n) is 20.3. The molecule has 0 radical (unpaired) electrons. The molecule has 0 N–H and O–H groups in total. The van der Waals surface area contributed by atoms with Crippen LogP contribution < -0.4 is 0 Å². The van der Waals surface area contributed by atoms with E-state index in [0.717, 1.165) is 5.56 Å². The minimum atomic E-state index is -0.894. The van der Waals surface area contributed by atoms with Gasteiger partial charge in [0, 0.05) is 17.0 Å². The molecule has 38 heavy (non-hydrogen) atoms. The summed E-state index contributed by atoms with van der Waals surface area (Å²) in [5, 5.41) is 0.390. The Morgan fingerprint density at radius 3 is 1.92 bits per heavy atom. The maximum atomic E-state index is 13.0. The molecule has 0 bridgehead atoms. The summed E-state index contributed by atoms with van der Waals surface area (Å²) < 4.78 is 23.1. The number of hydrogen-bond acceptors (Lipinski definition) is 8. The molecule has 1 saturated heterocycles. The van der Waals surface area contributed by atoms with Gasteiger partial charge in [-0.1, -0.05) is 53.5 Å². The number of ether oxygens (including phenoxy) is 4. The van der Waals surface area contributed by atoms with E-state index in [9.17, 15) is 14.4 Å². The molecule has 1 unspecified atom stereocenters. The standard InChI is InChI=1S/C28H24Cl2O7S/c1-17(31)36-28-25(34-15-18-5-3-2-4-6-18)24(37-27(33)20-9-13-22(30)14-10-20)23(38-28)16-35-26(32)19-7-11-21(29)12-8-19/h2-14,23-25,28H,15-16H2,1H3/t23-,24+,25-,28?/m1/s1. The molecule has 0 spiro atoms. The fourth-order valence-electron chi connectivity index (χ4n) is 3.77. The number of rotatable bonds is 9. The van der Waals surface area contributed by atoms with Gasteiger partial charge in [-0.25, -0.2) is 9.59 Å². The van der Waals surface area contributed by atoms with Crippen LogP contribution >= 0.6 is 35.0 Å². The van der Waals surface area contributed by atoms with Crippen molar-refractivity contribution in [2.75, 3.05) is 6.61 Å². The number of hydrogen-bond donors (Lipinski definition) is 0. The number of carbonyl (C=O) groups excluding carboxylic acids is 3. The smallest absolute Gasteiger partial charge is 0.338 e. The van der Waals surface area contributed by atoms with E-state index >= 15 is 0 Å². The summed E-state index contributed by atoms with van der Waals surface area (Å²) in [6.07, 6.45) is -1.71. The van der Waals surface area contributed by atoms with Gasteiger partial charge in [0.15, 0.2) is 5.44 Å². The van der Waals surface area contributed by atoms with Gasteiger partial charge in [0.05, 0.1) is 23.0 Å². The average Bonchev–Trinajstić information content (AvgIpc) is 3.22. The minimum absolute atomic E-state index is 0.117. The van der Waals surface area contributed by atoms with Crippen LogP contribution in [0, 0.1) is 0 Å². The molecule has 4 rings (SSSR count). The Hall–Kier alpha value is -3.04. The van der Waals surface area contributed by atoms with E-state index in [1.54, 1.807) is 48.5 Å². The highest BCUT2D eigenvalue weighted by atomic mass is 35.5. The molecule has 0 amide bonds. The summed E-state index contributed by atoms with van der Waals surface area (Å²) >= 11 is 13.1. The zero-order valence-corrected chi connectivity index (χ0v) is 22.6. The lowest BCUT2D eigenvalue weighted by atomic mass is 10.1. The zero-order chi connectivity index (χ0) is 27.1. The Kier molecular flexibility index (Phi) is 9.69. The lowest BCUT2D eigenvalue weighted by Gasteiger charge is -2.25. The van der Waals surface area contributed by atoms with E-state index in [-0.39, 0.29) is 18.8 Å². The van der Waals surface area contributed by atoms with E-state index in [2.05, 4.69) is 0 Å². The molecule has 3 aromatic rings. The van der Waals surface area contributed by atoms with E-state index in [1.165, 1.54) is 18.7 Å². The molecule has 10 heteroatoms. The molecule has 3 aromatic carbocycles. The first kappa shape index (κ1) is 28.0. The van der Waals surface area contributed by atoms with Crippen molar-refractivity contribution in [2.24, 2.45) is 0 Å². The highest BCUT2D eigenvalue weighted by Crippen LogP contribution is 2.40. The quantitative estimate of drug-likeness (QED) is 0.228. The third-order valence-electron chi connectivity index (χ3n) is 5.62. The number of thioether (sulfide) groups is 1. The topological polar surface area (TPSA) is 88.1 Å². The van der Waals surface area contributed by atoms with Crippen molar-refractivity contribution in [1.82, 2.24) is 0 Å². The predicted molar refractivity (Wildman–Crippen MR) is 144 cm³/mol. The Morgan fingerprint density at radius 2 is 1.34 bits per heavy atom. The molecule has 1 heterocycles. The predicted octanol–water partition coefficient (Wildman–Crippen LogP) is 5.97. The normalized spacial score (nSPS) is 20.5. The van der Waals surface area contributed by atoms with Crippen LogP contribution in [0.1, 0.15) is 33.2 Å². The second kappa shape index (κ2) is 13.2. The first-order valence-electron chi connectivity index (χ1n) is 11.7. The van der Waals surface area contributed by atoms with E-state index < -0.39 is 40.8 Å². The summed E-state index contributed by atoms with van der Waals surface area (Å²) in [5.41, 5.74) is 0.701. The molecule has 1 aliphatic heterocycles. The van der Waals surface area contributed by atoms with Crippen molar-refractivity contribution in [1.29, 1.82) is 0 Å². The first-order chi connectivity index (χ1) is 18.3. The minimum Gasteiger partial charge on any atom is -0.461 e. The van der Waals surface area contributed by atoms with Crippen molar-refractivity contribution in [3.63, 3.8) is 0 Å². The van der Waals surface area contributed by atoms with Crippen LogP contribution in [0.25, 0.3) is 0 Å².